The monoisotopic (exact) mass is 355 g/mol. The fourth-order valence-electron chi connectivity index (χ4n) is 3.16. The first-order valence-electron chi connectivity index (χ1n) is 9.21. The number of hydrogen-bond donors (Lipinski definition) is 2. The van der Waals surface area contributed by atoms with Crippen LogP contribution in [0.2, 0.25) is 0 Å². The van der Waals surface area contributed by atoms with E-state index < -0.39 is 0 Å². The molecule has 26 heavy (non-hydrogen) atoms. The third kappa shape index (κ3) is 4.99. The Labute approximate surface area is 154 Å². The molecule has 0 radical (unpaired) electrons. The maximum absolute atomic E-state index is 12.1. The summed E-state index contributed by atoms with van der Waals surface area (Å²) in [5.41, 5.74) is 2.23. The topological polar surface area (TPSA) is 64.2 Å². The second-order valence-corrected chi connectivity index (χ2v) is 6.59. The molecule has 1 aliphatic heterocycles. The average Bonchev–Trinajstić information content (AvgIpc) is 2.89. The van der Waals surface area contributed by atoms with E-state index >= 15 is 0 Å². The van der Waals surface area contributed by atoms with Gasteiger partial charge >= 0.3 is 0 Å². The number of rotatable bonds is 7. The van der Waals surface area contributed by atoms with Gasteiger partial charge in [0.2, 0.25) is 0 Å². The van der Waals surface area contributed by atoms with E-state index in [1.807, 2.05) is 48.5 Å². The lowest BCUT2D eigenvalue weighted by Gasteiger charge is -2.14. The van der Waals surface area contributed by atoms with Crippen molar-refractivity contribution in [3.63, 3.8) is 0 Å². The van der Waals surface area contributed by atoms with Crippen molar-refractivity contribution in [1.29, 1.82) is 0 Å². The molecule has 1 atom stereocenters. The van der Waals surface area contributed by atoms with Crippen LogP contribution in [-0.2, 0) is 17.9 Å². The van der Waals surface area contributed by atoms with Crippen molar-refractivity contribution in [2.45, 2.75) is 38.5 Å². The van der Waals surface area contributed by atoms with Gasteiger partial charge in [-0.3, -0.25) is 4.79 Å². The highest BCUT2D eigenvalue weighted by Gasteiger charge is 2.23. The van der Waals surface area contributed by atoms with E-state index in [9.17, 15) is 4.79 Å². The third-order valence-electron chi connectivity index (χ3n) is 4.68. The molecule has 1 fully saturated rings. The van der Waals surface area contributed by atoms with Gasteiger partial charge in [0, 0.05) is 18.5 Å². The Morgan fingerprint density at radius 3 is 2.73 bits per heavy atom. The normalized spacial score (nSPS) is 17.3. The van der Waals surface area contributed by atoms with Crippen molar-refractivity contribution in [3.8, 4) is 11.5 Å². The number of carbonyl (C=O) groups excluding carboxylic acids is 1. The van der Waals surface area contributed by atoms with E-state index in [-0.39, 0.29) is 11.9 Å². The van der Waals surface area contributed by atoms with E-state index in [4.69, 9.17) is 9.47 Å². The van der Waals surface area contributed by atoms with Gasteiger partial charge in [-0.05, 0) is 36.6 Å². The lowest BCUT2D eigenvalue weighted by Crippen LogP contribution is -2.91. The van der Waals surface area contributed by atoms with Gasteiger partial charge in [-0.1, -0.05) is 30.3 Å². The van der Waals surface area contributed by atoms with Gasteiger partial charge in [0.15, 0.2) is 17.5 Å². The predicted octanol–water partition coefficient (Wildman–Crippen LogP) is 2.01. The first-order chi connectivity index (χ1) is 12.8. The van der Waals surface area contributed by atoms with Crippen molar-refractivity contribution in [3.05, 3.63) is 59.7 Å². The predicted molar refractivity (Wildman–Crippen MR) is 100 cm³/mol. The Kier molecular flexibility index (Phi) is 6.50. The third-order valence-corrected chi connectivity index (χ3v) is 4.68. The quantitative estimate of drug-likeness (QED) is 0.799. The first-order valence-corrected chi connectivity index (χ1v) is 9.21. The van der Waals surface area contributed by atoms with Gasteiger partial charge in [-0.15, -0.1) is 0 Å². The molecule has 0 unspecified atom stereocenters. The summed E-state index contributed by atoms with van der Waals surface area (Å²) in [7, 11) is 1.65. The molecule has 2 aromatic rings. The molecule has 1 heterocycles. The highest BCUT2D eigenvalue weighted by molar-refractivity contribution is 5.80. The fraction of sp³-hybridized carbons (Fsp3) is 0.381. The van der Waals surface area contributed by atoms with Crippen LogP contribution in [0.4, 0.5) is 0 Å². The van der Waals surface area contributed by atoms with Crippen molar-refractivity contribution in [2.75, 3.05) is 13.7 Å². The zero-order valence-corrected chi connectivity index (χ0v) is 15.2. The zero-order valence-electron chi connectivity index (χ0n) is 15.2. The van der Waals surface area contributed by atoms with Gasteiger partial charge in [0.1, 0.15) is 13.2 Å². The number of nitrogens with two attached hydrogens (primary N) is 1. The maximum Gasteiger partial charge on any atom is 0.278 e. The maximum atomic E-state index is 12.1. The highest BCUT2D eigenvalue weighted by atomic mass is 16.5. The molecule has 0 aliphatic carbocycles. The summed E-state index contributed by atoms with van der Waals surface area (Å²) >= 11 is 0. The Hall–Kier alpha value is -2.53. The number of nitrogens with one attached hydrogen (secondary N) is 1. The zero-order chi connectivity index (χ0) is 18.2. The molecular weight excluding hydrogens is 328 g/mol. The van der Waals surface area contributed by atoms with E-state index in [1.54, 1.807) is 7.11 Å². The Bertz CT molecular complexity index is 718. The minimum Gasteiger partial charge on any atom is -0.493 e. The molecule has 0 bridgehead atoms. The number of benzene rings is 2. The second kappa shape index (κ2) is 9.25. The van der Waals surface area contributed by atoms with Crippen LogP contribution in [-0.4, -0.2) is 25.6 Å². The average molecular weight is 355 g/mol. The Balaban J connectivity index is 1.63. The van der Waals surface area contributed by atoms with Crippen LogP contribution < -0.4 is 20.1 Å². The molecule has 138 valence electrons. The van der Waals surface area contributed by atoms with Crippen molar-refractivity contribution < 1.29 is 19.6 Å². The molecule has 0 aromatic heterocycles. The van der Waals surface area contributed by atoms with E-state index in [2.05, 4.69) is 10.6 Å². The standard InChI is InChI=1S/C21H26N2O3/c1-25-19-11-10-17(14-23-18-9-5-6-12-22-21(18)24)13-20(19)26-15-16-7-3-2-4-8-16/h2-4,7-8,10-11,13,18,23H,5-6,9,12,14-15H2,1H3,(H,22,24)/p+1/t18-/m0/s1. The summed E-state index contributed by atoms with van der Waals surface area (Å²) in [6.45, 7) is 2.03. The molecule has 1 amide bonds. The van der Waals surface area contributed by atoms with E-state index in [0.717, 1.165) is 55.0 Å². The van der Waals surface area contributed by atoms with Crippen molar-refractivity contribution in [2.24, 2.45) is 0 Å². The molecule has 0 saturated carbocycles. The summed E-state index contributed by atoms with van der Waals surface area (Å²) in [6, 6.07) is 16.0. The smallest absolute Gasteiger partial charge is 0.278 e. The Morgan fingerprint density at radius 2 is 1.92 bits per heavy atom. The number of carbonyl (C=O) groups is 1. The molecule has 5 heteroatoms. The number of hydrogen-bond acceptors (Lipinski definition) is 3. The number of amides is 1. The molecule has 3 rings (SSSR count). The molecule has 5 nitrogen and oxygen atoms in total. The lowest BCUT2D eigenvalue weighted by molar-refractivity contribution is -0.692. The van der Waals surface area contributed by atoms with Crippen LogP contribution in [0.5, 0.6) is 11.5 Å². The van der Waals surface area contributed by atoms with Crippen LogP contribution in [0, 0.1) is 0 Å². The van der Waals surface area contributed by atoms with Gasteiger partial charge in [0.25, 0.3) is 5.91 Å². The van der Waals surface area contributed by atoms with Gasteiger partial charge in [-0.25, -0.2) is 0 Å². The van der Waals surface area contributed by atoms with Crippen molar-refractivity contribution >= 4 is 5.91 Å². The SMILES string of the molecule is COc1ccc(C[NH2+][C@H]2CCCCNC2=O)cc1OCc1ccccc1. The molecule has 1 saturated heterocycles. The minimum atomic E-state index is -0.00621. The largest absolute Gasteiger partial charge is 0.493 e. The van der Waals surface area contributed by atoms with Crippen LogP contribution in [0.3, 0.4) is 0 Å². The number of quaternary nitrogens is 1. The van der Waals surface area contributed by atoms with Crippen LogP contribution in [0.25, 0.3) is 0 Å². The Morgan fingerprint density at radius 1 is 1.08 bits per heavy atom. The lowest BCUT2D eigenvalue weighted by atomic mass is 10.1. The molecular formula is C21H27N2O3+. The summed E-state index contributed by atoms with van der Waals surface area (Å²) in [6.07, 6.45) is 3.09. The highest BCUT2D eigenvalue weighted by Crippen LogP contribution is 2.28. The molecule has 2 aromatic carbocycles. The number of methoxy groups -OCH3 is 1. The summed E-state index contributed by atoms with van der Waals surface area (Å²) in [5.74, 6) is 1.60. The summed E-state index contributed by atoms with van der Waals surface area (Å²) < 4.78 is 11.4. The van der Waals surface area contributed by atoms with Gasteiger partial charge < -0.3 is 20.1 Å². The fourth-order valence-corrected chi connectivity index (χ4v) is 3.16. The molecule has 0 spiro atoms. The second-order valence-electron chi connectivity index (χ2n) is 6.59. The van der Waals surface area contributed by atoms with Crippen LogP contribution in [0.15, 0.2) is 48.5 Å². The molecule has 1 aliphatic rings. The van der Waals surface area contributed by atoms with Gasteiger partial charge in [0.05, 0.1) is 7.11 Å². The first kappa shape index (κ1) is 18.3. The number of ether oxygens (including phenoxy) is 2. The van der Waals surface area contributed by atoms with Crippen molar-refractivity contribution in [1.82, 2.24) is 5.32 Å². The summed E-state index contributed by atoms with van der Waals surface area (Å²) in [5, 5.41) is 5.10. The van der Waals surface area contributed by atoms with Gasteiger partial charge in [-0.2, -0.15) is 0 Å². The van der Waals surface area contributed by atoms with Crippen LogP contribution in [0.1, 0.15) is 30.4 Å². The molecule has 3 N–H and O–H groups in total. The van der Waals surface area contributed by atoms with Crippen LogP contribution >= 0.6 is 0 Å². The minimum absolute atomic E-state index is 0.00621. The van der Waals surface area contributed by atoms with E-state index in [1.165, 1.54) is 0 Å². The van der Waals surface area contributed by atoms with E-state index in [0.29, 0.717) is 6.61 Å². The summed E-state index contributed by atoms with van der Waals surface area (Å²) in [4.78, 5) is 12.1.